The number of amides is 1. The maximum absolute atomic E-state index is 12.0. The maximum atomic E-state index is 12.0. The molecule has 1 unspecified atom stereocenters. The van der Waals surface area contributed by atoms with Crippen molar-refractivity contribution in [1.29, 1.82) is 5.26 Å². The lowest BCUT2D eigenvalue weighted by molar-refractivity contribution is -0.143. The van der Waals surface area contributed by atoms with Gasteiger partial charge in [0.25, 0.3) is 5.91 Å². The Kier molecular flexibility index (Phi) is 3.19. The SMILES string of the molecule is N#CC1CNCCN1C(=O)[C@H]1CCCO1. The molecule has 0 aromatic heterocycles. The normalized spacial score (nSPS) is 31.3. The first kappa shape index (κ1) is 10.4. The van der Waals surface area contributed by atoms with Crippen molar-refractivity contribution in [1.82, 2.24) is 10.2 Å². The standard InChI is InChI=1S/C10H15N3O2/c11-6-8-7-12-3-4-13(8)10(14)9-2-1-5-15-9/h8-9,12H,1-5,7H2/t8?,9-/m1/s1. The molecule has 5 heteroatoms. The number of nitrogens with zero attached hydrogens (tertiary/aromatic N) is 2. The lowest BCUT2D eigenvalue weighted by atomic mass is 10.1. The summed E-state index contributed by atoms with van der Waals surface area (Å²) in [6.07, 6.45) is 1.43. The second-order valence-electron chi connectivity index (χ2n) is 3.88. The van der Waals surface area contributed by atoms with Gasteiger partial charge in [0.1, 0.15) is 12.1 Å². The lowest BCUT2D eigenvalue weighted by Crippen LogP contribution is -2.55. The molecule has 2 rings (SSSR count). The van der Waals surface area contributed by atoms with Crippen LogP contribution in [-0.2, 0) is 9.53 Å². The molecule has 0 spiro atoms. The van der Waals surface area contributed by atoms with Gasteiger partial charge in [0.05, 0.1) is 6.07 Å². The monoisotopic (exact) mass is 209 g/mol. The first-order chi connectivity index (χ1) is 7.33. The Morgan fingerprint density at radius 1 is 1.60 bits per heavy atom. The van der Waals surface area contributed by atoms with Gasteiger partial charge in [-0.1, -0.05) is 0 Å². The van der Waals surface area contributed by atoms with Gasteiger partial charge in [-0.15, -0.1) is 0 Å². The average Bonchev–Trinajstić information content (AvgIpc) is 2.81. The van der Waals surface area contributed by atoms with Crippen LogP contribution in [-0.4, -0.2) is 49.2 Å². The highest BCUT2D eigenvalue weighted by Gasteiger charge is 2.33. The highest BCUT2D eigenvalue weighted by molar-refractivity contribution is 5.82. The van der Waals surface area contributed by atoms with Gasteiger partial charge in [-0.3, -0.25) is 4.79 Å². The van der Waals surface area contributed by atoms with E-state index in [0.717, 1.165) is 19.4 Å². The molecule has 0 aromatic carbocycles. The van der Waals surface area contributed by atoms with Crippen molar-refractivity contribution in [3.05, 3.63) is 0 Å². The second kappa shape index (κ2) is 4.60. The zero-order valence-corrected chi connectivity index (χ0v) is 8.61. The smallest absolute Gasteiger partial charge is 0.252 e. The number of rotatable bonds is 1. The van der Waals surface area contributed by atoms with Gasteiger partial charge in [-0.05, 0) is 12.8 Å². The van der Waals surface area contributed by atoms with Crippen LogP contribution in [0.4, 0.5) is 0 Å². The molecule has 2 aliphatic rings. The number of carbonyl (C=O) groups is 1. The van der Waals surface area contributed by atoms with Crippen LogP contribution < -0.4 is 5.32 Å². The fraction of sp³-hybridized carbons (Fsp3) is 0.800. The van der Waals surface area contributed by atoms with E-state index in [2.05, 4.69) is 11.4 Å². The molecular weight excluding hydrogens is 194 g/mol. The number of ether oxygens (including phenoxy) is 1. The van der Waals surface area contributed by atoms with Crippen molar-refractivity contribution in [3.63, 3.8) is 0 Å². The van der Waals surface area contributed by atoms with Gasteiger partial charge >= 0.3 is 0 Å². The Balaban J connectivity index is 2.00. The van der Waals surface area contributed by atoms with Gasteiger partial charge in [-0.25, -0.2) is 0 Å². The number of piperazine rings is 1. The number of hydrogen-bond donors (Lipinski definition) is 1. The van der Waals surface area contributed by atoms with Gasteiger partial charge in [-0.2, -0.15) is 5.26 Å². The molecule has 0 aliphatic carbocycles. The quantitative estimate of drug-likeness (QED) is 0.631. The van der Waals surface area contributed by atoms with E-state index in [1.807, 2.05) is 0 Å². The summed E-state index contributed by atoms with van der Waals surface area (Å²) in [5.74, 6) is -0.0134. The summed E-state index contributed by atoms with van der Waals surface area (Å²) in [5, 5.41) is 12.0. The summed E-state index contributed by atoms with van der Waals surface area (Å²) in [6, 6.07) is 1.81. The highest BCUT2D eigenvalue weighted by Crippen LogP contribution is 2.16. The molecule has 1 N–H and O–H groups in total. The van der Waals surface area contributed by atoms with Crippen LogP contribution in [0.25, 0.3) is 0 Å². The second-order valence-corrected chi connectivity index (χ2v) is 3.88. The Bertz CT molecular complexity index is 281. The topological polar surface area (TPSA) is 65.4 Å². The van der Waals surface area contributed by atoms with Crippen molar-refractivity contribution in [2.75, 3.05) is 26.2 Å². The molecule has 0 bridgehead atoms. The van der Waals surface area contributed by atoms with Crippen LogP contribution in [0.1, 0.15) is 12.8 Å². The molecule has 5 nitrogen and oxygen atoms in total. The van der Waals surface area contributed by atoms with Crippen LogP contribution in [0.15, 0.2) is 0 Å². The van der Waals surface area contributed by atoms with E-state index in [4.69, 9.17) is 10.00 Å². The van der Waals surface area contributed by atoms with E-state index >= 15 is 0 Å². The Morgan fingerprint density at radius 2 is 2.47 bits per heavy atom. The first-order valence-corrected chi connectivity index (χ1v) is 5.35. The summed E-state index contributed by atoms with van der Waals surface area (Å²) < 4.78 is 5.34. The van der Waals surface area contributed by atoms with Crippen LogP contribution in [0.3, 0.4) is 0 Å². The van der Waals surface area contributed by atoms with Gasteiger partial charge in [0.15, 0.2) is 0 Å². The molecule has 0 radical (unpaired) electrons. The molecule has 0 saturated carbocycles. The average molecular weight is 209 g/mol. The Morgan fingerprint density at radius 3 is 3.13 bits per heavy atom. The summed E-state index contributed by atoms with van der Waals surface area (Å²) >= 11 is 0. The van der Waals surface area contributed by atoms with Crippen LogP contribution in [0, 0.1) is 11.3 Å². The lowest BCUT2D eigenvalue weighted by Gasteiger charge is -2.33. The van der Waals surface area contributed by atoms with E-state index in [0.29, 0.717) is 19.7 Å². The molecule has 2 fully saturated rings. The van der Waals surface area contributed by atoms with Crippen LogP contribution in [0.5, 0.6) is 0 Å². The summed E-state index contributed by atoms with van der Waals surface area (Å²) in [4.78, 5) is 13.6. The maximum Gasteiger partial charge on any atom is 0.252 e. The fourth-order valence-corrected chi connectivity index (χ4v) is 2.04. The molecule has 2 saturated heterocycles. The van der Waals surface area contributed by atoms with Crippen LogP contribution >= 0.6 is 0 Å². The number of carbonyl (C=O) groups excluding carboxylic acids is 1. The Hall–Kier alpha value is -1.12. The fourth-order valence-electron chi connectivity index (χ4n) is 2.04. The van der Waals surface area contributed by atoms with Crippen molar-refractivity contribution >= 4 is 5.91 Å². The molecule has 2 aliphatic heterocycles. The van der Waals surface area contributed by atoms with Gasteiger partial charge in [0.2, 0.25) is 0 Å². The summed E-state index contributed by atoms with van der Waals surface area (Å²) in [7, 11) is 0. The minimum Gasteiger partial charge on any atom is -0.368 e. The summed E-state index contributed by atoms with van der Waals surface area (Å²) in [6.45, 7) is 2.60. The van der Waals surface area contributed by atoms with E-state index in [9.17, 15) is 4.79 Å². The van der Waals surface area contributed by atoms with Gasteiger partial charge in [0, 0.05) is 26.2 Å². The third-order valence-corrected chi connectivity index (χ3v) is 2.88. The minimum absolute atomic E-state index is 0.0134. The zero-order valence-electron chi connectivity index (χ0n) is 8.61. The third-order valence-electron chi connectivity index (χ3n) is 2.88. The number of nitriles is 1. The molecule has 15 heavy (non-hydrogen) atoms. The van der Waals surface area contributed by atoms with E-state index in [1.54, 1.807) is 4.90 Å². The zero-order chi connectivity index (χ0) is 10.7. The molecule has 82 valence electrons. The highest BCUT2D eigenvalue weighted by atomic mass is 16.5. The predicted molar refractivity (Wildman–Crippen MR) is 53.0 cm³/mol. The predicted octanol–water partition coefficient (Wildman–Crippen LogP) is -0.511. The van der Waals surface area contributed by atoms with Crippen molar-refractivity contribution in [3.8, 4) is 6.07 Å². The molecule has 2 atom stereocenters. The largest absolute Gasteiger partial charge is 0.368 e. The van der Waals surface area contributed by atoms with E-state index in [-0.39, 0.29) is 18.1 Å². The van der Waals surface area contributed by atoms with Crippen molar-refractivity contribution in [2.24, 2.45) is 0 Å². The molecule has 0 aromatic rings. The molecule has 2 heterocycles. The molecular formula is C10H15N3O2. The Labute approximate surface area is 89.0 Å². The van der Waals surface area contributed by atoms with E-state index in [1.165, 1.54) is 0 Å². The van der Waals surface area contributed by atoms with Crippen LogP contribution in [0.2, 0.25) is 0 Å². The van der Waals surface area contributed by atoms with Gasteiger partial charge < -0.3 is 15.0 Å². The first-order valence-electron chi connectivity index (χ1n) is 5.35. The molecule has 1 amide bonds. The summed E-state index contributed by atoms with van der Waals surface area (Å²) in [5.41, 5.74) is 0. The van der Waals surface area contributed by atoms with Crippen molar-refractivity contribution < 1.29 is 9.53 Å². The van der Waals surface area contributed by atoms with Crippen molar-refractivity contribution in [2.45, 2.75) is 25.0 Å². The third kappa shape index (κ3) is 2.11. The van der Waals surface area contributed by atoms with E-state index < -0.39 is 0 Å². The number of hydrogen-bond acceptors (Lipinski definition) is 4. The minimum atomic E-state index is -0.338. The number of nitrogens with one attached hydrogen (secondary N) is 1.